The molecule has 0 amide bonds. The number of fused-ring (bicyclic) bond motifs is 4. The summed E-state index contributed by atoms with van der Waals surface area (Å²) < 4.78 is 6.28. The predicted molar refractivity (Wildman–Crippen MR) is 127 cm³/mol. The van der Waals surface area contributed by atoms with Gasteiger partial charge in [-0.15, -0.1) is 0 Å². The van der Waals surface area contributed by atoms with Crippen molar-refractivity contribution in [1.82, 2.24) is 4.90 Å². The highest BCUT2D eigenvalue weighted by molar-refractivity contribution is 5.97. The van der Waals surface area contributed by atoms with Gasteiger partial charge in [0.2, 0.25) is 0 Å². The second kappa shape index (κ2) is 8.85. The van der Waals surface area contributed by atoms with Crippen LogP contribution in [0.3, 0.4) is 0 Å². The van der Waals surface area contributed by atoms with Gasteiger partial charge >= 0.3 is 0 Å². The van der Waals surface area contributed by atoms with E-state index in [0.29, 0.717) is 6.54 Å². The third-order valence-corrected chi connectivity index (χ3v) is 6.95. The Balaban J connectivity index is 1.41. The maximum atomic E-state index is 12.2. The Bertz CT molecular complexity index is 1160. The Morgan fingerprint density at radius 2 is 1.97 bits per heavy atom. The number of aliphatic hydroxyl groups is 1. The number of benzene rings is 2. The minimum absolute atomic E-state index is 0.0286. The van der Waals surface area contributed by atoms with Crippen molar-refractivity contribution in [1.29, 1.82) is 0 Å². The van der Waals surface area contributed by atoms with E-state index in [4.69, 9.17) is 4.74 Å². The lowest BCUT2D eigenvalue weighted by Crippen LogP contribution is -2.52. The summed E-state index contributed by atoms with van der Waals surface area (Å²) in [4.78, 5) is 14.3. The summed E-state index contributed by atoms with van der Waals surface area (Å²) in [5.41, 5.74) is 3.55. The predicted octanol–water partition coefficient (Wildman–Crippen LogP) is 4.02. The largest absolute Gasteiger partial charge is 0.506 e. The van der Waals surface area contributed by atoms with E-state index in [1.807, 2.05) is 6.07 Å². The highest BCUT2D eigenvalue weighted by Gasteiger charge is 2.35. The fraction of sp³-hybridized carbons (Fsp3) is 0.393. The van der Waals surface area contributed by atoms with Crippen LogP contribution in [0.2, 0.25) is 0 Å². The van der Waals surface area contributed by atoms with Crippen molar-refractivity contribution >= 4 is 17.1 Å². The Labute approximate surface area is 189 Å². The van der Waals surface area contributed by atoms with Crippen LogP contribution in [-0.2, 0) is 11.2 Å². The number of hydrogen-bond acceptors (Lipinski definition) is 4. The Morgan fingerprint density at radius 3 is 2.81 bits per heavy atom. The summed E-state index contributed by atoms with van der Waals surface area (Å²) in [6.45, 7) is 2.46. The first-order valence-electron chi connectivity index (χ1n) is 11.9. The summed E-state index contributed by atoms with van der Waals surface area (Å²) in [7, 11) is 0. The maximum Gasteiger partial charge on any atom is 0.178 e. The van der Waals surface area contributed by atoms with Crippen LogP contribution >= 0.6 is 0 Å². The van der Waals surface area contributed by atoms with E-state index >= 15 is 0 Å². The number of aliphatic hydroxyl groups excluding tert-OH is 1. The summed E-state index contributed by atoms with van der Waals surface area (Å²) in [5, 5.41) is 12.9. The molecule has 1 saturated carbocycles. The van der Waals surface area contributed by atoms with Crippen LogP contribution in [0.4, 0.5) is 0 Å². The molecule has 2 aromatic carbocycles. The van der Waals surface area contributed by atoms with Crippen LogP contribution in [0.15, 0.2) is 60.4 Å². The monoisotopic (exact) mass is 429 g/mol. The number of carbonyl (C=O) groups is 1. The topological polar surface area (TPSA) is 49.8 Å². The molecule has 166 valence electrons. The second-order valence-electron chi connectivity index (χ2n) is 9.27. The van der Waals surface area contributed by atoms with Crippen molar-refractivity contribution < 1.29 is 14.6 Å². The molecule has 2 aromatic rings. The first-order chi connectivity index (χ1) is 15.6. The lowest BCUT2D eigenvalue weighted by Gasteiger charge is -2.42. The van der Waals surface area contributed by atoms with E-state index in [2.05, 4.69) is 54.3 Å². The quantitative estimate of drug-likeness (QED) is 0.754. The van der Waals surface area contributed by atoms with Crippen LogP contribution in [-0.4, -0.2) is 34.5 Å². The van der Waals surface area contributed by atoms with Crippen molar-refractivity contribution in [3.05, 3.63) is 76.4 Å². The van der Waals surface area contributed by atoms with Crippen molar-refractivity contribution in [3.63, 3.8) is 0 Å². The number of rotatable bonds is 6. The van der Waals surface area contributed by atoms with Gasteiger partial charge in [-0.25, -0.2) is 0 Å². The average Bonchev–Trinajstić information content (AvgIpc) is 2.79. The molecule has 1 N–H and O–H groups in total. The Morgan fingerprint density at radius 1 is 1.12 bits per heavy atom. The number of ether oxygens (including phenoxy) is 1. The molecule has 5 rings (SSSR count). The molecule has 3 aliphatic rings. The van der Waals surface area contributed by atoms with Crippen LogP contribution in [0, 0.1) is 0 Å². The normalized spacial score (nSPS) is 20.8. The van der Waals surface area contributed by atoms with E-state index in [9.17, 15) is 9.90 Å². The van der Waals surface area contributed by atoms with Crippen molar-refractivity contribution in [2.75, 3.05) is 6.54 Å². The van der Waals surface area contributed by atoms with Crippen LogP contribution in [0.25, 0.3) is 11.3 Å². The third kappa shape index (κ3) is 4.06. The number of hydrogen-bond donors (Lipinski definition) is 1. The molecular formula is C28H31NO3. The Hall–Kier alpha value is -3.01. The van der Waals surface area contributed by atoms with Gasteiger partial charge in [0, 0.05) is 11.3 Å². The molecule has 0 spiro atoms. The molecule has 2 atom stereocenters. The van der Waals surface area contributed by atoms with E-state index in [0.717, 1.165) is 55.2 Å². The SMILES string of the molecule is C[C@H](CCCc1ccccc1)Oc1ccc2c(c1)=C1C(O)=CC(=O)CN1[C@@H]1CCCCC=21. The van der Waals surface area contributed by atoms with Gasteiger partial charge in [-0.05, 0) is 73.9 Å². The molecule has 2 heterocycles. The van der Waals surface area contributed by atoms with E-state index in [-0.39, 0.29) is 23.7 Å². The van der Waals surface area contributed by atoms with Gasteiger partial charge in [0.15, 0.2) is 5.78 Å². The number of ketones is 1. The average molecular weight is 430 g/mol. The van der Waals surface area contributed by atoms with Crippen molar-refractivity contribution in [2.24, 2.45) is 0 Å². The number of carbonyl (C=O) groups excluding carboxylic acids is 1. The van der Waals surface area contributed by atoms with E-state index in [1.54, 1.807) is 0 Å². The molecule has 1 aliphatic carbocycles. The highest BCUT2D eigenvalue weighted by atomic mass is 16.5. The molecule has 4 heteroatoms. The van der Waals surface area contributed by atoms with Crippen molar-refractivity contribution in [3.8, 4) is 5.75 Å². The van der Waals surface area contributed by atoms with Gasteiger partial charge < -0.3 is 14.7 Å². The molecule has 2 aliphatic heterocycles. The van der Waals surface area contributed by atoms with Gasteiger partial charge in [-0.2, -0.15) is 0 Å². The number of nitrogens with zero attached hydrogens (tertiary/aromatic N) is 1. The van der Waals surface area contributed by atoms with Crippen molar-refractivity contribution in [2.45, 2.75) is 64.0 Å². The molecule has 4 nitrogen and oxygen atoms in total. The maximum absolute atomic E-state index is 12.2. The molecule has 0 unspecified atom stereocenters. The first-order valence-corrected chi connectivity index (χ1v) is 11.9. The third-order valence-electron chi connectivity index (χ3n) is 6.95. The summed E-state index contributed by atoms with van der Waals surface area (Å²) in [5.74, 6) is 0.877. The molecule has 0 radical (unpaired) electrons. The summed E-state index contributed by atoms with van der Waals surface area (Å²) in [6, 6.07) is 17.1. The van der Waals surface area contributed by atoms with Gasteiger partial charge in [0.25, 0.3) is 0 Å². The minimum Gasteiger partial charge on any atom is -0.506 e. The minimum atomic E-state index is -0.0286. The Kier molecular flexibility index (Phi) is 5.77. The van der Waals surface area contributed by atoms with E-state index < -0.39 is 0 Å². The smallest absolute Gasteiger partial charge is 0.178 e. The van der Waals surface area contributed by atoms with Crippen LogP contribution in [0.5, 0.6) is 5.75 Å². The molecule has 32 heavy (non-hydrogen) atoms. The van der Waals surface area contributed by atoms with Gasteiger partial charge in [-0.3, -0.25) is 4.79 Å². The first kappa shape index (κ1) is 20.9. The number of aryl methyl sites for hydroxylation is 1. The zero-order valence-electron chi connectivity index (χ0n) is 18.7. The second-order valence-corrected chi connectivity index (χ2v) is 9.27. The molecule has 0 bridgehead atoms. The van der Waals surface area contributed by atoms with Gasteiger partial charge in [0.1, 0.15) is 11.5 Å². The molecular weight excluding hydrogens is 398 g/mol. The standard InChI is InChI=1S/C28H31NO3/c1-19(8-7-11-20-9-3-2-4-10-20)32-22-14-15-23-24-12-5-6-13-26(24)29-18-21(30)16-27(31)28(29)25(23)17-22/h2-4,9-10,14-17,19,26,31H,5-8,11-13,18H2,1H3/t19-,26-/m1/s1. The zero-order valence-corrected chi connectivity index (χ0v) is 18.7. The molecule has 0 saturated heterocycles. The zero-order chi connectivity index (χ0) is 22.1. The summed E-state index contributed by atoms with van der Waals surface area (Å²) in [6.07, 6.45) is 9.02. The fourth-order valence-electron chi connectivity index (χ4n) is 5.47. The van der Waals surface area contributed by atoms with E-state index in [1.165, 1.54) is 28.9 Å². The fourth-order valence-corrected chi connectivity index (χ4v) is 5.47. The van der Waals surface area contributed by atoms with Crippen LogP contribution < -0.4 is 15.2 Å². The lowest BCUT2D eigenvalue weighted by atomic mass is 9.83. The van der Waals surface area contributed by atoms with Crippen LogP contribution in [0.1, 0.15) is 51.0 Å². The highest BCUT2D eigenvalue weighted by Crippen LogP contribution is 2.35. The lowest BCUT2D eigenvalue weighted by molar-refractivity contribution is -0.115. The molecule has 1 fully saturated rings. The molecule has 0 aromatic heterocycles. The van der Waals surface area contributed by atoms with Gasteiger partial charge in [0.05, 0.1) is 24.4 Å². The van der Waals surface area contributed by atoms with Gasteiger partial charge in [-0.1, -0.05) is 42.8 Å². The summed E-state index contributed by atoms with van der Waals surface area (Å²) >= 11 is 0.